The van der Waals surface area contributed by atoms with Crippen molar-refractivity contribution in [3.8, 4) is 0 Å². The lowest BCUT2D eigenvalue weighted by atomic mass is 10.5. The Morgan fingerprint density at radius 3 is 2.60 bits per heavy atom. The van der Waals surface area contributed by atoms with Crippen molar-refractivity contribution in [2.24, 2.45) is 0 Å². The summed E-state index contributed by atoms with van der Waals surface area (Å²) in [5.74, 6) is 0. The largest absolute Gasteiger partial charge is 0.263 e. The summed E-state index contributed by atoms with van der Waals surface area (Å²) in [4.78, 5) is 3.77. The molecule has 10 heavy (non-hydrogen) atoms. The Morgan fingerprint density at radius 2 is 2.30 bits per heavy atom. The lowest BCUT2D eigenvalue weighted by molar-refractivity contribution is 0.601. The van der Waals surface area contributed by atoms with Crippen molar-refractivity contribution >= 4 is 9.84 Å². The van der Waals surface area contributed by atoms with Crippen molar-refractivity contribution in [1.82, 2.24) is 4.98 Å². The second-order valence-corrected chi connectivity index (χ2v) is 3.86. The van der Waals surface area contributed by atoms with Crippen molar-refractivity contribution in [2.45, 2.75) is 4.90 Å². The fraction of sp³-hybridized carbons (Fsp3) is 0.167. The van der Waals surface area contributed by atoms with Crippen LogP contribution >= 0.6 is 0 Å². The minimum absolute atomic E-state index is 0.134. The molecule has 1 aromatic heterocycles. The van der Waals surface area contributed by atoms with E-state index < -0.39 is 9.84 Å². The van der Waals surface area contributed by atoms with Crippen molar-refractivity contribution in [2.75, 3.05) is 6.26 Å². The van der Waals surface area contributed by atoms with E-state index in [0.29, 0.717) is 0 Å². The molecule has 0 aliphatic heterocycles. The third-order valence-electron chi connectivity index (χ3n) is 0.977. The van der Waals surface area contributed by atoms with Crippen molar-refractivity contribution in [3.63, 3.8) is 0 Å². The molecular weight excluding hydrogens is 150 g/mol. The van der Waals surface area contributed by atoms with E-state index in [-0.39, 0.29) is 4.90 Å². The minimum Gasteiger partial charge on any atom is -0.263 e. The molecule has 0 amide bonds. The summed E-state index contributed by atoms with van der Waals surface area (Å²) in [6.45, 7) is 0. The topological polar surface area (TPSA) is 47.0 Å². The highest BCUT2D eigenvalue weighted by Crippen LogP contribution is 2.02. The van der Waals surface area contributed by atoms with Gasteiger partial charge in [0.25, 0.3) is 0 Å². The molecule has 0 unspecified atom stereocenters. The molecule has 1 aromatic rings. The molecule has 1 rings (SSSR count). The van der Waals surface area contributed by atoms with E-state index in [1.807, 2.05) is 0 Å². The molecule has 0 spiro atoms. The van der Waals surface area contributed by atoms with Gasteiger partial charge in [0, 0.05) is 24.7 Å². The van der Waals surface area contributed by atoms with Gasteiger partial charge in [-0.05, 0) is 6.07 Å². The van der Waals surface area contributed by atoms with Crippen LogP contribution in [0, 0.1) is 6.07 Å². The Labute approximate surface area is 59.6 Å². The van der Waals surface area contributed by atoms with E-state index in [1.165, 1.54) is 18.5 Å². The Balaban J connectivity index is 3.22. The van der Waals surface area contributed by atoms with Crippen molar-refractivity contribution < 1.29 is 8.42 Å². The first-order valence-corrected chi connectivity index (χ1v) is 4.51. The molecular formula is C6H6NO2S. The second-order valence-electron chi connectivity index (χ2n) is 1.87. The molecule has 0 atom stereocenters. The summed E-state index contributed by atoms with van der Waals surface area (Å²) >= 11 is 0. The average molecular weight is 156 g/mol. The van der Waals surface area contributed by atoms with E-state index in [9.17, 15) is 8.42 Å². The molecule has 0 bridgehead atoms. The van der Waals surface area contributed by atoms with Gasteiger partial charge in [0.1, 0.15) is 0 Å². The smallest absolute Gasteiger partial charge is 0.177 e. The zero-order valence-electron chi connectivity index (χ0n) is 5.40. The van der Waals surface area contributed by atoms with Crippen LogP contribution in [-0.4, -0.2) is 19.7 Å². The molecule has 53 valence electrons. The molecule has 0 aliphatic carbocycles. The zero-order chi connectivity index (χ0) is 7.61. The van der Waals surface area contributed by atoms with Crippen LogP contribution in [0.5, 0.6) is 0 Å². The summed E-state index contributed by atoms with van der Waals surface area (Å²) in [5.41, 5.74) is 0. The highest BCUT2D eigenvalue weighted by molar-refractivity contribution is 7.90. The van der Waals surface area contributed by atoms with E-state index in [4.69, 9.17) is 0 Å². The predicted octanol–water partition coefficient (Wildman–Crippen LogP) is 0.285. The molecule has 0 saturated heterocycles. The maximum absolute atomic E-state index is 10.8. The van der Waals surface area contributed by atoms with Gasteiger partial charge < -0.3 is 0 Å². The SMILES string of the molecule is CS(=O)(=O)c1[c]ccnc1. The summed E-state index contributed by atoms with van der Waals surface area (Å²) in [7, 11) is -3.12. The molecule has 3 nitrogen and oxygen atoms in total. The Bertz CT molecular complexity index is 304. The van der Waals surface area contributed by atoms with Crippen LogP contribution in [0.4, 0.5) is 0 Å². The number of nitrogens with zero attached hydrogens (tertiary/aromatic N) is 1. The highest BCUT2D eigenvalue weighted by Gasteiger charge is 2.04. The van der Waals surface area contributed by atoms with Gasteiger partial charge in [0.2, 0.25) is 0 Å². The van der Waals surface area contributed by atoms with Crippen molar-refractivity contribution in [3.05, 3.63) is 24.5 Å². The van der Waals surface area contributed by atoms with E-state index >= 15 is 0 Å². The fourth-order valence-electron chi connectivity index (χ4n) is 0.513. The maximum atomic E-state index is 10.8. The van der Waals surface area contributed by atoms with Gasteiger partial charge in [0.15, 0.2) is 9.84 Å². The van der Waals surface area contributed by atoms with Gasteiger partial charge in [-0.3, -0.25) is 4.98 Å². The lowest BCUT2D eigenvalue weighted by Crippen LogP contribution is -1.96. The molecule has 0 fully saturated rings. The van der Waals surface area contributed by atoms with Gasteiger partial charge in [0.05, 0.1) is 4.90 Å². The number of sulfone groups is 1. The zero-order valence-corrected chi connectivity index (χ0v) is 6.22. The number of aromatic nitrogens is 1. The quantitative estimate of drug-likeness (QED) is 0.587. The van der Waals surface area contributed by atoms with E-state index in [2.05, 4.69) is 11.1 Å². The third-order valence-corrected chi connectivity index (χ3v) is 2.00. The second kappa shape index (κ2) is 2.38. The third kappa shape index (κ3) is 1.54. The van der Waals surface area contributed by atoms with Crippen LogP contribution in [-0.2, 0) is 9.84 Å². The van der Waals surface area contributed by atoms with Crippen LogP contribution in [0.15, 0.2) is 23.4 Å². The molecule has 0 aromatic carbocycles. The minimum atomic E-state index is -3.12. The van der Waals surface area contributed by atoms with Gasteiger partial charge in [-0.1, -0.05) is 0 Å². The molecule has 1 heterocycles. The van der Waals surface area contributed by atoms with E-state index in [0.717, 1.165) is 6.26 Å². The first-order valence-electron chi connectivity index (χ1n) is 2.62. The predicted molar refractivity (Wildman–Crippen MR) is 36.2 cm³/mol. The van der Waals surface area contributed by atoms with E-state index in [1.54, 1.807) is 0 Å². The Kier molecular flexibility index (Phi) is 1.72. The molecule has 0 saturated carbocycles. The number of hydrogen-bond donors (Lipinski definition) is 0. The summed E-state index contributed by atoms with van der Waals surface area (Å²) < 4.78 is 21.5. The standard InChI is InChI=1S/C6H6NO2S/c1-10(8,9)6-3-2-4-7-5-6/h2,4-5H,1H3. The van der Waals surface area contributed by atoms with Gasteiger partial charge in [-0.25, -0.2) is 8.42 Å². The number of pyridine rings is 1. The fourth-order valence-corrected chi connectivity index (χ4v) is 1.05. The first-order chi connectivity index (χ1) is 4.61. The average Bonchev–Trinajstić information content (AvgIpc) is 1.88. The van der Waals surface area contributed by atoms with Gasteiger partial charge >= 0.3 is 0 Å². The molecule has 4 heteroatoms. The lowest BCUT2D eigenvalue weighted by Gasteiger charge is -1.92. The van der Waals surface area contributed by atoms with Crippen molar-refractivity contribution in [1.29, 1.82) is 0 Å². The molecule has 1 radical (unpaired) electrons. The van der Waals surface area contributed by atoms with Crippen LogP contribution < -0.4 is 0 Å². The highest BCUT2D eigenvalue weighted by atomic mass is 32.2. The normalized spacial score (nSPS) is 11.3. The monoisotopic (exact) mass is 156 g/mol. The van der Waals surface area contributed by atoms with Gasteiger partial charge in [-0.2, -0.15) is 0 Å². The Morgan fingerprint density at radius 1 is 1.60 bits per heavy atom. The van der Waals surface area contributed by atoms with Gasteiger partial charge in [-0.15, -0.1) is 0 Å². The van der Waals surface area contributed by atoms with Crippen LogP contribution in [0.3, 0.4) is 0 Å². The maximum Gasteiger partial charge on any atom is 0.177 e. The number of rotatable bonds is 1. The van der Waals surface area contributed by atoms with Crippen LogP contribution in [0.1, 0.15) is 0 Å². The summed E-state index contributed by atoms with van der Waals surface area (Å²) in [6, 6.07) is 4.03. The van der Waals surface area contributed by atoms with Crippen LogP contribution in [0.25, 0.3) is 0 Å². The summed E-state index contributed by atoms with van der Waals surface area (Å²) in [6.07, 6.45) is 3.88. The Hall–Kier alpha value is -0.900. The van der Waals surface area contributed by atoms with Crippen LogP contribution in [0.2, 0.25) is 0 Å². The number of hydrogen-bond acceptors (Lipinski definition) is 3. The molecule has 0 N–H and O–H groups in total. The first kappa shape index (κ1) is 7.21. The molecule has 0 aliphatic rings. The summed E-state index contributed by atoms with van der Waals surface area (Å²) in [5, 5.41) is 0.